The van der Waals surface area contributed by atoms with Crippen LogP contribution in [0.4, 0.5) is 0 Å². The lowest BCUT2D eigenvalue weighted by atomic mass is 10.3. The molecule has 118 valence electrons. The van der Waals surface area contributed by atoms with Gasteiger partial charge in [0.1, 0.15) is 8.07 Å². The van der Waals surface area contributed by atoms with Gasteiger partial charge in [-0.25, -0.2) is 0 Å². The third-order valence-electron chi connectivity index (χ3n) is 4.15. The molecule has 2 nitrogen and oxygen atoms in total. The van der Waals surface area contributed by atoms with Gasteiger partial charge in [0.05, 0.1) is 20.0 Å². The highest BCUT2D eigenvalue weighted by atomic mass is 28.3. The van der Waals surface area contributed by atoms with Gasteiger partial charge in [0.2, 0.25) is 0 Å². The molecule has 0 aliphatic heterocycles. The normalized spacial score (nSPS) is 11.0. The molecule has 0 atom stereocenters. The monoisotopic (exact) mass is 306 g/mol. The van der Waals surface area contributed by atoms with E-state index < -0.39 is 8.07 Å². The highest BCUT2D eigenvalue weighted by Gasteiger charge is 2.41. The predicted octanol–water partition coefficient (Wildman–Crippen LogP) is 4.55. The second kappa shape index (κ2) is 9.69. The number of rotatable bonds is 5. The van der Waals surface area contributed by atoms with Gasteiger partial charge >= 0.3 is 5.97 Å². The minimum absolute atomic E-state index is 0.207. The van der Waals surface area contributed by atoms with Crippen molar-refractivity contribution in [1.29, 1.82) is 0 Å². The number of methoxy groups -OCH3 is 1. The summed E-state index contributed by atoms with van der Waals surface area (Å²) in [6, 6.07) is 0. The van der Waals surface area contributed by atoms with Crippen molar-refractivity contribution in [2.75, 3.05) is 7.11 Å². The number of ether oxygens (including phenoxy) is 1. The first-order valence-corrected chi connectivity index (χ1v) is 10.0. The molecule has 0 heterocycles. The Morgan fingerprint density at radius 3 is 1.90 bits per heavy atom. The fourth-order valence-corrected chi connectivity index (χ4v) is 8.35. The Hall–Kier alpha value is -1.19. The first-order valence-electron chi connectivity index (χ1n) is 7.81. The number of hydrogen-bond acceptors (Lipinski definition) is 2. The molecular weight excluding hydrogens is 276 g/mol. The van der Waals surface area contributed by atoms with Gasteiger partial charge in [0.15, 0.2) is 0 Å². The largest absolute Gasteiger partial charge is 0.469 e. The average Bonchev–Trinajstić information content (AvgIpc) is 2.40. The average molecular weight is 307 g/mol. The number of carbonyl (C=O) groups excluding carboxylic acids is 1. The van der Waals surface area contributed by atoms with E-state index >= 15 is 0 Å². The van der Waals surface area contributed by atoms with E-state index in [2.05, 4.69) is 69.6 Å². The van der Waals surface area contributed by atoms with Gasteiger partial charge in [0.25, 0.3) is 0 Å². The Morgan fingerprint density at radius 1 is 0.952 bits per heavy atom. The van der Waals surface area contributed by atoms with E-state index in [0.717, 1.165) is 0 Å². The molecule has 0 radical (unpaired) electrons. The van der Waals surface area contributed by atoms with Gasteiger partial charge < -0.3 is 4.74 Å². The standard InChI is InChI=1S/C18H30O2Si/c1-15(2)21(16(3)4,17(5)6)14-12-10-8-9-11-13-18(19)20-7/h15-17H,10-11,13H2,1-7H3. The highest BCUT2D eigenvalue weighted by Crippen LogP contribution is 2.40. The molecule has 0 amide bonds. The zero-order chi connectivity index (χ0) is 16.5. The molecule has 0 aliphatic rings. The van der Waals surface area contributed by atoms with Gasteiger partial charge in [-0.1, -0.05) is 53.4 Å². The van der Waals surface area contributed by atoms with E-state index in [4.69, 9.17) is 0 Å². The summed E-state index contributed by atoms with van der Waals surface area (Å²) in [5.41, 5.74) is 5.59. The summed E-state index contributed by atoms with van der Waals surface area (Å²) in [7, 11) is -0.225. The van der Waals surface area contributed by atoms with E-state index in [1.165, 1.54) is 7.11 Å². The minimum Gasteiger partial charge on any atom is -0.469 e. The van der Waals surface area contributed by atoms with Crippen molar-refractivity contribution in [1.82, 2.24) is 0 Å². The van der Waals surface area contributed by atoms with E-state index in [0.29, 0.717) is 35.9 Å². The zero-order valence-electron chi connectivity index (χ0n) is 14.7. The number of esters is 1. The molecule has 0 unspecified atom stereocenters. The molecule has 3 heteroatoms. The molecule has 0 bridgehead atoms. The molecule has 0 spiro atoms. The van der Waals surface area contributed by atoms with Crippen molar-refractivity contribution in [3.8, 4) is 23.3 Å². The summed E-state index contributed by atoms with van der Waals surface area (Å²) in [4.78, 5) is 10.9. The van der Waals surface area contributed by atoms with Crippen LogP contribution < -0.4 is 0 Å². The molecule has 0 aromatic carbocycles. The third-order valence-corrected chi connectivity index (χ3v) is 10.5. The Kier molecular flexibility index (Phi) is 9.14. The fourth-order valence-electron chi connectivity index (χ4n) is 3.09. The lowest BCUT2D eigenvalue weighted by molar-refractivity contribution is -0.140. The zero-order valence-corrected chi connectivity index (χ0v) is 15.7. The Morgan fingerprint density at radius 2 is 1.48 bits per heavy atom. The third kappa shape index (κ3) is 5.98. The number of carbonyl (C=O) groups is 1. The summed E-state index contributed by atoms with van der Waals surface area (Å²) in [6.45, 7) is 13.9. The van der Waals surface area contributed by atoms with Gasteiger partial charge in [-0.05, 0) is 16.6 Å². The van der Waals surface area contributed by atoms with Crippen LogP contribution in [0.15, 0.2) is 0 Å². The Bertz CT molecular complexity index is 420. The molecule has 0 aliphatic carbocycles. The van der Waals surface area contributed by atoms with Crippen LogP contribution in [0, 0.1) is 23.3 Å². The van der Waals surface area contributed by atoms with Crippen molar-refractivity contribution in [3.05, 3.63) is 0 Å². The van der Waals surface area contributed by atoms with Crippen LogP contribution in [-0.4, -0.2) is 21.2 Å². The van der Waals surface area contributed by atoms with Crippen LogP contribution in [0.5, 0.6) is 0 Å². The summed E-state index contributed by atoms with van der Waals surface area (Å²) in [6.07, 6.45) is 1.51. The molecule has 0 saturated carbocycles. The van der Waals surface area contributed by atoms with Crippen LogP contribution in [0.25, 0.3) is 0 Å². The van der Waals surface area contributed by atoms with Gasteiger partial charge in [-0.2, -0.15) is 0 Å². The molecule has 21 heavy (non-hydrogen) atoms. The summed E-state index contributed by atoms with van der Waals surface area (Å²) >= 11 is 0. The van der Waals surface area contributed by atoms with Crippen molar-refractivity contribution in [3.63, 3.8) is 0 Å². The second-order valence-corrected chi connectivity index (χ2v) is 11.9. The van der Waals surface area contributed by atoms with E-state index in [1.807, 2.05) is 0 Å². The number of hydrogen-bond donors (Lipinski definition) is 0. The first kappa shape index (κ1) is 19.8. The van der Waals surface area contributed by atoms with Crippen LogP contribution in [0.2, 0.25) is 16.6 Å². The van der Waals surface area contributed by atoms with Gasteiger partial charge in [-0.3, -0.25) is 4.79 Å². The van der Waals surface area contributed by atoms with Crippen molar-refractivity contribution in [2.45, 2.75) is 77.4 Å². The lowest BCUT2D eigenvalue weighted by Gasteiger charge is -2.38. The van der Waals surface area contributed by atoms with Gasteiger partial charge in [-0.15, -0.1) is 11.5 Å². The lowest BCUT2D eigenvalue weighted by Crippen LogP contribution is -2.43. The van der Waals surface area contributed by atoms with Crippen molar-refractivity contribution in [2.24, 2.45) is 0 Å². The van der Waals surface area contributed by atoms with E-state index in [1.54, 1.807) is 0 Å². The quantitative estimate of drug-likeness (QED) is 0.423. The molecule has 0 saturated heterocycles. The van der Waals surface area contributed by atoms with E-state index in [-0.39, 0.29) is 5.97 Å². The smallest absolute Gasteiger partial charge is 0.306 e. The fraction of sp³-hybridized carbons (Fsp3) is 0.722. The topological polar surface area (TPSA) is 26.3 Å². The van der Waals surface area contributed by atoms with E-state index in [9.17, 15) is 4.79 Å². The van der Waals surface area contributed by atoms with Crippen LogP contribution in [-0.2, 0) is 9.53 Å². The van der Waals surface area contributed by atoms with Crippen molar-refractivity contribution >= 4 is 14.0 Å². The Balaban J connectivity index is 4.71. The maximum absolute atomic E-state index is 10.9. The molecule has 0 aromatic rings. The SMILES string of the molecule is COC(=O)CCC#CCC#C[Si](C(C)C)(C(C)C)C(C)C. The predicted molar refractivity (Wildman–Crippen MR) is 92.5 cm³/mol. The Labute approximate surface area is 132 Å². The van der Waals surface area contributed by atoms with Crippen LogP contribution >= 0.6 is 0 Å². The van der Waals surface area contributed by atoms with Crippen LogP contribution in [0.1, 0.15) is 60.8 Å². The molecule has 0 aromatic heterocycles. The second-order valence-electron chi connectivity index (χ2n) is 6.31. The minimum atomic E-state index is -1.62. The molecule has 0 N–H and O–H groups in total. The highest BCUT2D eigenvalue weighted by molar-refractivity contribution is 6.90. The molecule has 0 fully saturated rings. The summed E-state index contributed by atoms with van der Waals surface area (Å²) < 4.78 is 4.57. The van der Waals surface area contributed by atoms with Gasteiger partial charge in [0, 0.05) is 6.42 Å². The first-order chi connectivity index (χ1) is 9.78. The summed E-state index contributed by atoms with van der Waals surface area (Å²) in [5, 5.41) is 0. The maximum atomic E-state index is 10.9. The molecule has 0 rings (SSSR count). The van der Waals surface area contributed by atoms with Crippen LogP contribution in [0.3, 0.4) is 0 Å². The summed E-state index contributed by atoms with van der Waals surface area (Å²) in [5.74, 6) is 9.12. The van der Waals surface area contributed by atoms with Crippen molar-refractivity contribution < 1.29 is 9.53 Å². The molecular formula is C18H30O2Si. The maximum Gasteiger partial charge on any atom is 0.306 e.